The quantitative estimate of drug-likeness (QED) is 0.835. The molecule has 2 rings (SSSR count). The minimum absolute atomic E-state index is 0.105. The Morgan fingerprint density at radius 2 is 2.05 bits per heavy atom. The maximum absolute atomic E-state index is 13.0. The second kappa shape index (κ2) is 6.56. The van der Waals surface area contributed by atoms with Gasteiger partial charge < -0.3 is 9.64 Å². The van der Waals surface area contributed by atoms with E-state index in [0.717, 1.165) is 31.7 Å². The summed E-state index contributed by atoms with van der Waals surface area (Å²) in [7, 11) is 0. The monoisotopic (exact) mass is 293 g/mol. The van der Waals surface area contributed by atoms with Crippen molar-refractivity contribution in [2.24, 2.45) is 5.92 Å². The van der Waals surface area contributed by atoms with Crippen molar-refractivity contribution in [1.82, 2.24) is 4.90 Å². The lowest BCUT2D eigenvalue weighted by Gasteiger charge is -2.30. The van der Waals surface area contributed by atoms with Crippen LogP contribution in [0.5, 0.6) is 0 Å². The highest BCUT2D eigenvalue weighted by Crippen LogP contribution is 2.29. The molecule has 0 aromatic heterocycles. The molecule has 1 amide bonds. The van der Waals surface area contributed by atoms with E-state index in [9.17, 15) is 9.18 Å². The van der Waals surface area contributed by atoms with Crippen molar-refractivity contribution >= 4 is 5.91 Å². The van der Waals surface area contributed by atoms with Crippen LogP contribution in [0.15, 0.2) is 24.3 Å². The second-order valence-electron chi connectivity index (χ2n) is 6.20. The SMILES string of the molecule is CCOC[C@@H]1CCN(C(=O)C(C)(C)c2ccc(F)cc2)C1. The van der Waals surface area contributed by atoms with Gasteiger partial charge in [-0.2, -0.15) is 0 Å². The molecule has 1 aliphatic heterocycles. The second-order valence-corrected chi connectivity index (χ2v) is 6.20. The number of rotatable bonds is 5. The van der Waals surface area contributed by atoms with Crippen LogP contribution in [0.25, 0.3) is 0 Å². The van der Waals surface area contributed by atoms with Gasteiger partial charge in [0.05, 0.1) is 12.0 Å². The largest absolute Gasteiger partial charge is 0.381 e. The predicted octanol–water partition coefficient (Wildman–Crippen LogP) is 2.99. The number of nitrogens with zero attached hydrogens (tertiary/aromatic N) is 1. The molecule has 1 aliphatic rings. The molecule has 1 fully saturated rings. The van der Waals surface area contributed by atoms with Crippen molar-refractivity contribution in [1.29, 1.82) is 0 Å². The van der Waals surface area contributed by atoms with Gasteiger partial charge in [0.25, 0.3) is 0 Å². The Balaban J connectivity index is 2.03. The van der Waals surface area contributed by atoms with Gasteiger partial charge in [0.15, 0.2) is 0 Å². The molecular weight excluding hydrogens is 269 g/mol. The minimum Gasteiger partial charge on any atom is -0.381 e. The smallest absolute Gasteiger partial charge is 0.232 e. The molecule has 4 heteroatoms. The maximum Gasteiger partial charge on any atom is 0.232 e. The number of halogens is 1. The first kappa shape index (κ1) is 16.0. The summed E-state index contributed by atoms with van der Waals surface area (Å²) < 4.78 is 18.5. The van der Waals surface area contributed by atoms with Crippen molar-refractivity contribution in [3.8, 4) is 0 Å². The van der Waals surface area contributed by atoms with Crippen LogP contribution in [-0.4, -0.2) is 37.1 Å². The van der Waals surface area contributed by atoms with Crippen LogP contribution in [0.1, 0.15) is 32.8 Å². The molecule has 1 heterocycles. The Labute approximate surface area is 126 Å². The zero-order valence-corrected chi connectivity index (χ0v) is 13.1. The maximum atomic E-state index is 13.0. The third kappa shape index (κ3) is 3.62. The fourth-order valence-corrected chi connectivity index (χ4v) is 2.82. The molecule has 0 spiro atoms. The van der Waals surface area contributed by atoms with Crippen molar-refractivity contribution in [2.75, 3.05) is 26.3 Å². The van der Waals surface area contributed by atoms with Crippen molar-refractivity contribution in [3.63, 3.8) is 0 Å². The minimum atomic E-state index is -0.631. The number of ether oxygens (including phenoxy) is 1. The Kier molecular flexibility index (Phi) is 4.99. The molecule has 0 N–H and O–H groups in total. The average Bonchev–Trinajstić information content (AvgIpc) is 2.93. The molecule has 0 aliphatic carbocycles. The van der Waals surface area contributed by atoms with Crippen LogP contribution in [-0.2, 0) is 14.9 Å². The zero-order valence-electron chi connectivity index (χ0n) is 13.1. The summed E-state index contributed by atoms with van der Waals surface area (Å²) >= 11 is 0. The van der Waals surface area contributed by atoms with Crippen LogP contribution < -0.4 is 0 Å². The lowest BCUT2D eigenvalue weighted by atomic mass is 9.83. The van der Waals surface area contributed by atoms with Crippen LogP contribution in [0.4, 0.5) is 4.39 Å². The van der Waals surface area contributed by atoms with Gasteiger partial charge in [0, 0.05) is 25.6 Å². The van der Waals surface area contributed by atoms with Crippen LogP contribution >= 0.6 is 0 Å². The molecular formula is C17H24FNO2. The van der Waals surface area contributed by atoms with Gasteiger partial charge in [-0.1, -0.05) is 12.1 Å². The standard InChI is InChI=1S/C17H24FNO2/c1-4-21-12-13-9-10-19(11-13)16(20)17(2,3)14-5-7-15(18)8-6-14/h5-8,13H,4,9-12H2,1-3H3/t13-/m1/s1. The summed E-state index contributed by atoms with van der Waals surface area (Å²) in [6.07, 6.45) is 0.991. The van der Waals surface area contributed by atoms with Gasteiger partial charge >= 0.3 is 0 Å². The van der Waals surface area contributed by atoms with E-state index in [1.54, 1.807) is 12.1 Å². The molecule has 3 nitrogen and oxygen atoms in total. The zero-order chi connectivity index (χ0) is 15.5. The van der Waals surface area contributed by atoms with Crippen molar-refractivity contribution in [2.45, 2.75) is 32.6 Å². The Bertz CT molecular complexity index is 484. The van der Waals surface area contributed by atoms with E-state index >= 15 is 0 Å². The number of amides is 1. The molecule has 21 heavy (non-hydrogen) atoms. The summed E-state index contributed by atoms with van der Waals surface area (Å²) in [5.41, 5.74) is 0.218. The molecule has 0 saturated carbocycles. The van der Waals surface area contributed by atoms with Gasteiger partial charge in [-0.25, -0.2) is 4.39 Å². The third-order valence-electron chi connectivity index (χ3n) is 4.23. The highest BCUT2D eigenvalue weighted by atomic mass is 19.1. The Morgan fingerprint density at radius 1 is 1.38 bits per heavy atom. The Hall–Kier alpha value is -1.42. The van der Waals surface area contributed by atoms with Crippen molar-refractivity contribution in [3.05, 3.63) is 35.6 Å². The van der Waals surface area contributed by atoms with E-state index in [0.29, 0.717) is 12.5 Å². The molecule has 116 valence electrons. The first-order chi connectivity index (χ1) is 9.95. The van der Waals surface area contributed by atoms with Crippen molar-refractivity contribution < 1.29 is 13.9 Å². The number of benzene rings is 1. The summed E-state index contributed by atoms with van der Waals surface area (Å²) in [5, 5.41) is 0. The number of likely N-dealkylation sites (tertiary alicyclic amines) is 1. The van der Waals surface area contributed by atoms with Gasteiger partial charge in [0.1, 0.15) is 5.82 Å². The molecule has 0 radical (unpaired) electrons. The number of hydrogen-bond acceptors (Lipinski definition) is 2. The molecule has 1 atom stereocenters. The van der Waals surface area contributed by atoms with Crippen LogP contribution in [0.3, 0.4) is 0 Å². The molecule has 0 unspecified atom stereocenters. The van der Waals surface area contributed by atoms with Gasteiger partial charge in [-0.05, 0) is 44.9 Å². The number of carbonyl (C=O) groups excluding carboxylic acids is 1. The molecule has 1 saturated heterocycles. The number of carbonyl (C=O) groups is 1. The summed E-state index contributed by atoms with van der Waals surface area (Å²) in [5.74, 6) is 0.256. The third-order valence-corrected chi connectivity index (χ3v) is 4.23. The fourth-order valence-electron chi connectivity index (χ4n) is 2.82. The van der Waals surface area contributed by atoms with E-state index in [-0.39, 0.29) is 11.7 Å². The van der Waals surface area contributed by atoms with E-state index in [2.05, 4.69) is 0 Å². The lowest BCUT2D eigenvalue weighted by molar-refractivity contribution is -0.135. The highest BCUT2D eigenvalue weighted by Gasteiger charge is 2.37. The summed E-state index contributed by atoms with van der Waals surface area (Å²) in [6, 6.07) is 6.21. The first-order valence-electron chi connectivity index (χ1n) is 7.58. The molecule has 1 aromatic rings. The van der Waals surface area contributed by atoms with Crippen LogP contribution in [0, 0.1) is 11.7 Å². The summed E-state index contributed by atoms with van der Waals surface area (Å²) in [6.45, 7) is 8.75. The van der Waals surface area contributed by atoms with Crippen LogP contribution in [0.2, 0.25) is 0 Å². The van der Waals surface area contributed by atoms with E-state index in [4.69, 9.17) is 4.74 Å². The fraction of sp³-hybridized carbons (Fsp3) is 0.588. The molecule has 1 aromatic carbocycles. The van der Waals surface area contributed by atoms with E-state index in [1.165, 1.54) is 12.1 Å². The van der Waals surface area contributed by atoms with E-state index < -0.39 is 5.41 Å². The number of hydrogen-bond donors (Lipinski definition) is 0. The normalized spacial score (nSPS) is 19.0. The summed E-state index contributed by atoms with van der Waals surface area (Å²) in [4.78, 5) is 14.7. The van der Waals surface area contributed by atoms with Gasteiger partial charge in [0.2, 0.25) is 5.91 Å². The predicted molar refractivity (Wildman–Crippen MR) is 80.6 cm³/mol. The van der Waals surface area contributed by atoms with Gasteiger partial charge in [-0.3, -0.25) is 4.79 Å². The topological polar surface area (TPSA) is 29.5 Å². The Morgan fingerprint density at radius 3 is 2.67 bits per heavy atom. The average molecular weight is 293 g/mol. The lowest BCUT2D eigenvalue weighted by Crippen LogP contribution is -2.42. The van der Waals surface area contributed by atoms with Gasteiger partial charge in [-0.15, -0.1) is 0 Å². The molecule has 0 bridgehead atoms. The highest BCUT2D eigenvalue weighted by molar-refractivity contribution is 5.87. The van der Waals surface area contributed by atoms with E-state index in [1.807, 2.05) is 25.7 Å². The first-order valence-corrected chi connectivity index (χ1v) is 7.58.